The number of nitrogens with zero attached hydrogens (tertiary/aromatic N) is 1. The number of amides is 1. The van der Waals surface area contributed by atoms with Gasteiger partial charge in [-0.2, -0.15) is 0 Å². The molecule has 4 nitrogen and oxygen atoms in total. The van der Waals surface area contributed by atoms with Gasteiger partial charge in [-0.25, -0.2) is 0 Å². The van der Waals surface area contributed by atoms with E-state index in [1.807, 2.05) is 32.9 Å². The van der Waals surface area contributed by atoms with Crippen LogP contribution < -0.4 is 0 Å². The molecule has 1 N–H and O–H groups in total. The van der Waals surface area contributed by atoms with Crippen molar-refractivity contribution in [2.45, 2.75) is 39.8 Å². The summed E-state index contributed by atoms with van der Waals surface area (Å²) in [6.07, 6.45) is 2.22. The van der Waals surface area contributed by atoms with Crippen molar-refractivity contribution in [3.63, 3.8) is 0 Å². The van der Waals surface area contributed by atoms with Gasteiger partial charge in [0.25, 0.3) is 5.91 Å². The Balaban J connectivity index is 2.27. The Hall–Kier alpha value is -1.59. The van der Waals surface area contributed by atoms with Gasteiger partial charge in [-0.3, -0.25) is 4.79 Å². The van der Waals surface area contributed by atoms with E-state index < -0.39 is 0 Å². The highest BCUT2D eigenvalue weighted by Gasteiger charge is 2.26. The maximum absolute atomic E-state index is 12.7. The van der Waals surface area contributed by atoms with Crippen molar-refractivity contribution in [2.75, 3.05) is 6.61 Å². The van der Waals surface area contributed by atoms with Crippen molar-refractivity contribution in [3.05, 3.63) is 45.5 Å². The number of carbonyl (C=O) groups is 1. The Labute approximate surface area is 129 Å². The molecule has 2 heterocycles. The molecule has 2 rings (SSSR count). The third-order valence-corrected chi connectivity index (χ3v) is 4.55. The van der Waals surface area contributed by atoms with Crippen LogP contribution in [0, 0.1) is 13.8 Å². The number of furan rings is 1. The molecule has 1 unspecified atom stereocenters. The number of aryl methyl sites for hydroxylation is 2. The predicted molar refractivity (Wildman–Crippen MR) is 83.5 cm³/mol. The van der Waals surface area contributed by atoms with Gasteiger partial charge in [0.1, 0.15) is 0 Å². The van der Waals surface area contributed by atoms with Crippen LogP contribution in [0.5, 0.6) is 0 Å². The lowest BCUT2D eigenvalue weighted by Crippen LogP contribution is -2.41. The molecule has 5 heteroatoms. The summed E-state index contributed by atoms with van der Waals surface area (Å²) in [5.41, 5.74) is 0.820. The summed E-state index contributed by atoms with van der Waals surface area (Å²) in [7, 11) is 0. The summed E-state index contributed by atoms with van der Waals surface area (Å²) in [5, 5.41) is 9.57. The monoisotopic (exact) mass is 307 g/mol. The van der Waals surface area contributed by atoms with Gasteiger partial charge in [-0.15, -0.1) is 11.3 Å². The van der Waals surface area contributed by atoms with Crippen molar-refractivity contribution >= 4 is 17.2 Å². The minimum absolute atomic E-state index is 0.0493. The Bertz CT molecular complexity index is 598. The van der Waals surface area contributed by atoms with Gasteiger partial charge in [0.2, 0.25) is 0 Å². The predicted octanol–water partition coefficient (Wildman–Crippen LogP) is 3.37. The summed E-state index contributed by atoms with van der Waals surface area (Å²) < 4.78 is 5.32. The van der Waals surface area contributed by atoms with Crippen molar-refractivity contribution in [1.82, 2.24) is 4.90 Å². The zero-order valence-electron chi connectivity index (χ0n) is 12.6. The van der Waals surface area contributed by atoms with Crippen LogP contribution in [0.4, 0.5) is 0 Å². The van der Waals surface area contributed by atoms with Crippen LogP contribution in [-0.4, -0.2) is 28.6 Å². The summed E-state index contributed by atoms with van der Waals surface area (Å²) in [4.78, 5) is 16.7. The molecule has 114 valence electrons. The van der Waals surface area contributed by atoms with Gasteiger partial charge in [0.15, 0.2) is 5.76 Å². The van der Waals surface area contributed by atoms with Crippen molar-refractivity contribution in [1.29, 1.82) is 0 Å². The average Bonchev–Trinajstić information content (AvgIpc) is 3.07. The van der Waals surface area contributed by atoms with Gasteiger partial charge in [0.05, 0.1) is 25.5 Å². The first-order chi connectivity index (χ1) is 10.1. The summed E-state index contributed by atoms with van der Waals surface area (Å²) >= 11 is 1.67. The number of hydrogen-bond donors (Lipinski definition) is 1. The van der Waals surface area contributed by atoms with Crippen LogP contribution in [0.2, 0.25) is 0 Å². The number of rotatable bonds is 6. The van der Waals surface area contributed by atoms with Crippen LogP contribution in [0.15, 0.2) is 28.9 Å². The molecule has 0 aliphatic carbocycles. The Kier molecular flexibility index (Phi) is 5.20. The second-order valence-corrected chi connectivity index (χ2v) is 6.50. The minimum Gasteiger partial charge on any atom is -0.459 e. The molecular weight excluding hydrogens is 286 g/mol. The number of hydrogen-bond acceptors (Lipinski definition) is 4. The summed E-state index contributed by atoms with van der Waals surface area (Å²) in [5.74, 6) is 0.194. The third-order valence-electron chi connectivity index (χ3n) is 3.56. The first-order valence-electron chi connectivity index (χ1n) is 7.08. The molecule has 0 bridgehead atoms. The van der Waals surface area contributed by atoms with Gasteiger partial charge >= 0.3 is 0 Å². The minimum atomic E-state index is -0.204. The van der Waals surface area contributed by atoms with E-state index >= 15 is 0 Å². The fourth-order valence-electron chi connectivity index (χ4n) is 2.28. The lowest BCUT2D eigenvalue weighted by Gasteiger charge is -2.29. The second kappa shape index (κ2) is 6.91. The van der Waals surface area contributed by atoms with Crippen LogP contribution in [0.25, 0.3) is 0 Å². The normalized spacial score (nSPS) is 12.4. The molecular formula is C16H21NO3S. The molecule has 2 aromatic heterocycles. The molecule has 1 atom stereocenters. The van der Waals surface area contributed by atoms with Crippen molar-refractivity contribution < 1.29 is 14.3 Å². The lowest BCUT2D eigenvalue weighted by molar-refractivity contribution is 0.0534. The second-order valence-electron chi connectivity index (χ2n) is 5.12. The smallest absolute Gasteiger partial charge is 0.290 e. The van der Waals surface area contributed by atoms with E-state index in [0.29, 0.717) is 18.7 Å². The SMILES string of the molecule is CCC(CO)N(Cc1ccc(C)s1)C(=O)c1occc1C. The van der Waals surface area contributed by atoms with E-state index in [2.05, 4.69) is 0 Å². The maximum atomic E-state index is 12.7. The van der Waals surface area contributed by atoms with Crippen LogP contribution in [-0.2, 0) is 6.54 Å². The van der Waals surface area contributed by atoms with E-state index in [9.17, 15) is 9.90 Å². The molecule has 0 aliphatic rings. The van der Waals surface area contributed by atoms with Gasteiger partial charge in [-0.1, -0.05) is 6.92 Å². The fourth-order valence-corrected chi connectivity index (χ4v) is 3.16. The quantitative estimate of drug-likeness (QED) is 0.890. The molecule has 0 aliphatic heterocycles. The number of aliphatic hydroxyl groups excluding tert-OH is 1. The van der Waals surface area contributed by atoms with E-state index in [1.54, 1.807) is 22.3 Å². The molecule has 0 spiro atoms. The van der Waals surface area contributed by atoms with E-state index in [1.165, 1.54) is 11.1 Å². The molecule has 1 amide bonds. The molecule has 2 aromatic rings. The maximum Gasteiger partial charge on any atom is 0.290 e. The first-order valence-corrected chi connectivity index (χ1v) is 7.89. The standard InChI is InChI=1S/C16H21NO3S/c1-4-13(10-18)17(9-14-6-5-12(3)21-14)16(19)15-11(2)7-8-20-15/h5-8,13,18H,4,9-10H2,1-3H3. The van der Waals surface area contributed by atoms with Crippen LogP contribution >= 0.6 is 11.3 Å². The van der Waals surface area contributed by atoms with Gasteiger partial charge < -0.3 is 14.4 Å². The topological polar surface area (TPSA) is 53.7 Å². The Morgan fingerprint density at radius 3 is 2.62 bits per heavy atom. The van der Waals surface area contributed by atoms with Crippen molar-refractivity contribution in [2.24, 2.45) is 0 Å². The largest absolute Gasteiger partial charge is 0.459 e. The third kappa shape index (κ3) is 3.54. The molecule has 0 radical (unpaired) electrons. The highest BCUT2D eigenvalue weighted by atomic mass is 32.1. The zero-order valence-corrected chi connectivity index (χ0v) is 13.4. The Morgan fingerprint density at radius 2 is 2.14 bits per heavy atom. The summed E-state index contributed by atoms with van der Waals surface area (Å²) in [6.45, 7) is 6.31. The molecule has 0 saturated heterocycles. The summed E-state index contributed by atoms with van der Waals surface area (Å²) in [6, 6.07) is 5.64. The molecule has 0 fully saturated rings. The molecule has 21 heavy (non-hydrogen) atoms. The van der Waals surface area contributed by atoms with Gasteiger partial charge in [-0.05, 0) is 38.5 Å². The van der Waals surface area contributed by atoms with Gasteiger partial charge in [0, 0.05) is 15.3 Å². The van der Waals surface area contributed by atoms with E-state index in [-0.39, 0.29) is 18.6 Å². The number of aliphatic hydroxyl groups is 1. The van der Waals surface area contributed by atoms with Crippen molar-refractivity contribution in [3.8, 4) is 0 Å². The highest BCUT2D eigenvalue weighted by Crippen LogP contribution is 2.22. The number of carbonyl (C=O) groups excluding carboxylic acids is 1. The number of thiophene rings is 1. The fraction of sp³-hybridized carbons (Fsp3) is 0.438. The molecule has 0 aromatic carbocycles. The average molecular weight is 307 g/mol. The first kappa shape index (κ1) is 15.8. The van der Waals surface area contributed by atoms with Crippen LogP contribution in [0.1, 0.15) is 39.2 Å². The lowest BCUT2D eigenvalue weighted by atomic mass is 10.1. The Morgan fingerprint density at radius 1 is 1.38 bits per heavy atom. The highest BCUT2D eigenvalue weighted by molar-refractivity contribution is 7.11. The van der Waals surface area contributed by atoms with Crippen LogP contribution in [0.3, 0.4) is 0 Å². The zero-order chi connectivity index (χ0) is 15.4. The van der Waals surface area contributed by atoms with E-state index in [4.69, 9.17) is 4.42 Å². The molecule has 0 saturated carbocycles. The van der Waals surface area contributed by atoms with E-state index in [0.717, 1.165) is 10.4 Å².